The molecule has 1 aromatic heterocycles. The molecule has 2 aliphatic rings. The van der Waals surface area contributed by atoms with Crippen LogP contribution in [-0.4, -0.2) is 98.1 Å². The van der Waals surface area contributed by atoms with Crippen LogP contribution in [0.2, 0.25) is 0 Å². The van der Waals surface area contributed by atoms with E-state index in [0.29, 0.717) is 60.7 Å². The second kappa shape index (κ2) is 28.1. The lowest BCUT2D eigenvalue weighted by Crippen LogP contribution is -3.00. The summed E-state index contributed by atoms with van der Waals surface area (Å²) in [6.45, 7) is 11.4. The highest BCUT2D eigenvalue weighted by Gasteiger charge is 2.44. The predicted octanol–water partition coefficient (Wildman–Crippen LogP) is 8.96. The number of fused-ring (bicyclic) bond motifs is 3. The SMILES string of the molecule is C#Cc1cccc(Nc2ncnc3cc(OCCOC)c(OCCOC(=O)CCCCCN4/C(=C/C=C/C=C/C=C/C5=[N+](CCCCCC(=O)O)c6ccc(OC)cc6C5(C)C)C(C)(C)c5cc(OC)ccc54)cc23)c1.[Br-]. The molecule has 406 valence electrons. The number of anilines is 3. The monoisotopic (exact) mass is 1110 g/mol. The van der Waals surface area contributed by atoms with Crippen LogP contribution in [0.4, 0.5) is 22.9 Å². The molecule has 5 aromatic rings. The first-order valence-electron chi connectivity index (χ1n) is 26.0. The van der Waals surface area contributed by atoms with Gasteiger partial charge in [0, 0.05) is 90.1 Å². The average molecular weight is 1110 g/mol. The maximum absolute atomic E-state index is 13.0. The van der Waals surface area contributed by atoms with Crippen molar-refractivity contribution in [2.45, 2.75) is 89.9 Å². The van der Waals surface area contributed by atoms with Crippen LogP contribution in [0, 0.1) is 12.3 Å². The second-order valence-corrected chi connectivity index (χ2v) is 19.7. The van der Waals surface area contributed by atoms with Gasteiger partial charge in [0.1, 0.15) is 50.0 Å². The average Bonchev–Trinajstić information content (AvgIpc) is 3.85. The number of carboxylic acid groups (broad SMARTS) is 1. The molecule has 2 N–H and O–H groups in total. The van der Waals surface area contributed by atoms with Crippen molar-refractivity contribution in [3.8, 4) is 35.3 Å². The summed E-state index contributed by atoms with van der Waals surface area (Å²) >= 11 is 0. The van der Waals surface area contributed by atoms with Crippen molar-refractivity contribution in [1.82, 2.24) is 9.97 Å². The first kappa shape index (κ1) is 58.8. The highest BCUT2D eigenvalue weighted by Crippen LogP contribution is 2.49. The minimum atomic E-state index is -0.753. The summed E-state index contributed by atoms with van der Waals surface area (Å²) in [6, 6.07) is 23.6. The Labute approximate surface area is 464 Å². The molecule has 0 saturated carbocycles. The lowest BCUT2D eigenvalue weighted by atomic mass is 9.81. The standard InChI is InChI=1S/C62H71N5O9.BrH/c1-9-44-22-21-23-45(38-44)65-60-48-41-54(55(74-35-34-71-6)42-51(48)63-43-64-60)75-36-37-76-59(70)27-18-14-20-33-67-53-31-29-47(73-8)40-50(53)62(4,5)57(67)25-16-12-10-11-15-24-56-61(2,3)49-39-46(72-7)28-30-52(49)66(56)32-19-13-17-26-58(68)69;/h1,10-12,15-16,21-25,28-31,38-43H,13-14,17-20,26-27,32-37H2,2-8H3,(H-,63,64,65,68,69);1H. The van der Waals surface area contributed by atoms with Crippen molar-refractivity contribution in [3.05, 3.63) is 144 Å². The van der Waals surface area contributed by atoms with Crippen LogP contribution in [-0.2, 0) is 29.9 Å². The number of esters is 1. The predicted molar refractivity (Wildman–Crippen MR) is 300 cm³/mol. The van der Waals surface area contributed by atoms with Crippen LogP contribution in [0.3, 0.4) is 0 Å². The van der Waals surface area contributed by atoms with Gasteiger partial charge in [-0.3, -0.25) is 9.59 Å². The number of terminal acetylenes is 1. The summed E-state index contributed by atoms with van der Waals surface area (Å²) in [7, 11) is 4.99. The van der Waals surface area contributed by atoms with Crippen LogP contribution in [0.15, 0.2) is 127 Å². The fourth-order valence-electron chi connectivity index (χ4n) is 9.80. The largest absolute Gasteiger partial charge is 1.00 e. The maximum atomic E-state index is 13.0. The fourth-order valence-corrected chi connectivity index (χ4v) is 9.80. The molecule has 0 saturated heterocycles. The zero-order chi connectivity index (χ0) is 54.1. The molecule has 2 aliphatic heterocycles. The van der Waals surface area contributed by atoms with Gasteiger partial charge in [0.15, 0.2) is 17.2 Å². The lowest BCUT2D eigenvalue weighted by Gasteiger charge is -2.27. The van der Waals surface area contributed by atoms with E-state index in [0.717, 1.165) is 72.9 Å². The Balaban J connectivity index is 0.00000961. The number of nitrogens with one attached hydrogen (secondary N) is 1. The van der Waals surface area contributed by atoms with Gasteiger partial charge in [-0.15, -0.1) is 6.42 Å². The maximum Gasteiger partial charge on any atom is 0.305 e. The van der Waals surface area contributed by atoms with Crippen molar-refractivity contribution in [2.75, 3.05) is 71.1 Å². The van der Waals surface area contributed by atoms with Crippen molar-refractivity contribution >= 4 is 51.4 Å². The molecule has 3 heterocycles. The van der Waals surface area contributed by atoms with E-state index in [2.05, 4.69) is 119 Å². The first-order valence-corrected chi connectivity index (χ1v) is 26.0. The zero-order valence-corrected chi connectivity index (χ0v) is 47.0. The fraction of sp³-hybridized carbons (Fsp3) is 0.371. The highest BCUT2D eigenvalue weighted by atomic mass is 79.9. The second-order valence-electron chi connectivity index (χ2n) is 19.7. The number of nitrogens with zero attached hydrogens (tertiary/aromatic N) is 4. The summed E-state index contributed by atoms with van der Waals surface area (Å²) in [5, 5.41) is 13.2. The van der Waals surface area contributed by atoms with E-state index >= 15 is 0 Å². The van der Waals surface area contributed by atoms with Crippen LogP contribution in [0.5, 0.6) is 23.0 Å². The number of benzene rings is 4. The molecule has 0 bridgehead atoms. The Morgan fingerprint density at radius 3 is 2.21 bits per heavy atom. The summed E-state index contributed by atoms with van der Waals surface area (Å²) in [4.78, 5) is 35.4. The number of methoxy groups -OCH3 is 3. The third-order valence-corrected chi connectivity index (χ3v) is 13.8. The third-order valence-electron chi connectivity index (χ3n) is 13.8. The Kier molecular flexibility index (Phi) is 21.5. The van der Waals surface area contributed by atoms with Crippen molar-refractivity contribution in [3.63, 3.8) is 0 Å². The van der Waals surface area contributed by atoms with Gasteiger partial charge in [0.2, 0.25) is 5.69 Å². The summed E-state index contributed by atoms with van der Waals surface area (Å²) in [5.74, 6) is 4.78. The number of hydrogen-bond acceptors (Lipinski definition) is 12. The van der Waals surface area contributed by atoms with E-state index in [1.165, 1.54) is 28.9 Å². The van der Waals surface area contributed by atoms with E-state index in [1.54, 1.807) is 27.4 Å². The number of aliphatic carboxylic acids is 1. The van der Waals surface area contributed by atoms with Gasteiger partial charge in [0.05, 0.1) is 31.8 Å². The number of halogens is 1. The summed E-state index contributed by atoms with van der Waals surface area (Å²) in [5.41, 5.74) is 8.71. The summed E-state index contributed by atoms with van der Waals surface area (Å²) in [6.07, 6.45) is 27.1. The third kappa shape index (κ3) is 15.0. The molecular weight excluding hydrogens is 1040 g/mol. The molecule has 77 heavy (non-hydrogen) atoms. The zero-order valence-electron chi connectivity index (χ0n) is 45.4. The number of unbranched alkanes of at least 4 members (excludes halogenated alkanes) is 4. The van der Waals surface area contributed by atoms with Gasteiger partial charge in [-0.25, -0.2) is 9.97 Å². The smallest absolute Gasteiger partial charge is 0.305 e. The molecule has 0 radical (unpaired) electrons. The Bertz CT molecular complexity index is 3060. The molecule has 7 rings (SSSR count). The molecule has 15 heteroatoms. The molecular formula is C62H72BrN5O9. The number of rotatable bonds is 28. The quantitative estimate of drug-likeness (QED) is 0.0161. The summed E-state index contributed by atoms with van der Waals surface area (Å²) < 4.78 is 36.6. The molecule has 0 amide bonds. The van der Waals surface area contributed by atoms with Crippen LogP contribution in [0.25, 0.3) is 10.9 Å². The van der Waals surface area contributed by atoms with Gasteiger partial charge >= 0.3 is 11.9 Å². The van der Waals surface area contributed by atoms with Gasteiger partial charge in [-0.05, 0) is 106 Å². The minimum Gasteiger partial charge on any atom is -1.00 e. The number of allylic oxidation sites excluding steroid dienone is 8. The normalized spacial score (nSPS) is 14.7. The number of carbonyl (C=O) groups excluding carboxylic acids is 1. The Hall–Kier alpha value is -7.41. The van der Waals surface area contributed by atoms with Gasteiger partial charge < -0.3 is 60.7 Å². The van der Waals surface area contributed by atoms with Gasteiger partial charge in [0.25, 0.3) is 0 Å². The van der Waals surface area contributed by atoms with Crippen molar-refractivity contribution in [2.24, 2.45) is 0 Å². The first-order chi connectivity index (χ1) is 36.8. The van der Waals surface area contributed by atoms with Gasteiger partial charge in [-0.1, -0.05) is 62.6 Å². The molecule has 0 aliphatic carbocycles. The lowest BCUT2D eigenvalue weighted by molar-refractivity contribution is -0.438. The van der Waals surface area contributed by atoms with Crippen molar-refractivity contribution in [1.29, 1.82) is 0 Å². The van der Waals surface area contributed by atoms with Crippen molar-refractivity contribution < 1.29 is 64.7 Å². The van der Waals surface area contributed by atoms with Crippen LogP contribution < -0.4 is 46.1 Å². The van der Waals surface area contributed by atoms with E-state index < -0.39 is 5.97 Å². The highest BCUT2D eigenvalue weighted by molar-refractivity contribution is 6.03. The van der Waals surface area contributed by atoms with Gasteiger partial charge in [-0.2, -0.15) is 4.58 Å². The molecule has 4 aromatic carbocycles. The Morgan fingerprint density at radius 1 is 0.753 bits per heavy atom. The molecule has 0 unspecified atom stereocenters. The molecule has 0 atom stereocenters. The number of aromatic nitrogens is 2. The number of carbonyl (C=O) groups is 2. The van der Waals surface area contributed by atoms with Crippen LogP contribution in [0.1, 0.15) is 95.8 Å². The van der Waals surface area contributed by atoms with E-state index in [9.17, 15) is 9.59 Å². The topological polar surface area (TPSA) is 154 Å². The number of hydrogen-bond donors (Lipinski definition) is 2. The van der Waals surface area contributed by atoms with E-state index in [4.69, 9.17) is 40.0 Å². The van der Waals surface area contributed by atoms with E-state index in [-0.39, 0.29) is 53.4 Å². The minimum absolute atomic E-state index is 0. The molecule has 14 nitrogen and oxygen atoms in total. The van der Waals surface area contributed by atoms with Crippen LogP contribution >= 0.6 is 0 Å². The number of carboxylic acids is 1. The molecule has 0 fully saturated rings. The molecule has 0 spiro atoms. The van der Waals surface area contributed by atoms with E-state index in [1.807, 2.05) is 48.5 Å². The number of ether oxygens (including phenoxy) is 6. The Morgan fingerprint density at radius 2 is 1.45 bits per heavy atom.